The summed E-state index contributed by atoms with van der Waals surface area (Å²) in [5.41, 5.74) is 0.318. The van der Waals surface area contributed by atoms with Gasteiger partial charge < -0.3 is 20.8 Å². The van der Waals surface area contributed by atoms with Gasteiger partial charge in [0.25, 0.3) is 5.91 Å². The summed E-state index contributed by atoms with van der Waals surface area (Å²) in [5.74, 6) is -0.255. The van der Waals surface area contributed by atoms with Gasteiger partial charge in [0.15, 0.2) is 0 Å². The van der Waals surface area contributed by atoms with Crippen LogP contribution >= 0.6 is 0 Å². The third-order valence-corrected chi connectivity index (χ3v) is 3.10. The van der Waals surface area contributed by atoms with E-state index in [2.05, 4.69) is 15.6 Å². The quantitative estimate of drug-likeness (QED) is 0.580. The minimum Gasteiger partial charge on any atom is -0.506 e. The molecule has 6 nitrogen and oxygen atoms in total. The van der Waals surface area contributed by atoms with Crippen molar-refractivity contribution in [3.8, 4) is 5.75 Å². The predicted molar refractivity (Wildman–Crippen MR) is 65.2 cm³/mol. The van der Waals surface area contributed by atoms with Gasteiger partial charge in [0, 0.05) is 25.2 Å². The SMILES string of the molecule is O=C(NC[C@@H]1CCNC[C@H]1O)c1cncc(O)c1. The van der Waals surface area contributed by atoms with Crippen LogP contribution in [0.25, 0.3) is 0 Å². The third-order valence-electron chi connectivity index (χ3n) is 3.10. The lowest BCUT2D eigenvalue weighted by Crippen LogP contribution is -2.45. The van der Waals surface area contributed by atoms with Crippen molar-refractivity contribution in [3.05, 3.63) is 24.0 Å². The van der Waals surface area contributed by atoms with Gasteiger partial charge in [-0.2, -0.15) is 0 Å². The van der Waals surface area contributed by atoms with Crippen LogP contribution in [0.15, 0.2) is 18.5 Å². The Morgan fingerprint density at radius 1 is 1.56 bits per heavy atom. The third kappa shape index (κ3) is 3.18. The topological polar surface area (TPSA) is 94.5 Å². The number of piperidine rings is 1. The van der Waals surface area contributed by atoms with Gasteiger partial charge in [-0.1, -0.05) is 0 Å². The highest BCUT2D eigenvalue weighted by Crippen LogP contribution is 2.12. The number of aliphatic hydroxyl groups is 1. The first-order chi connectivity index (χ1) is 8.66. The lowest BCUT2D eigenvalue weighted by atomic mass is 9.95. The molecule has 2 rings (SSSR count). The molecule has 4 N–H and O–H groups in total. The van der Waals surface area contributed by atoms with E-state index in [-0.39, 0.29) is 17.6 Å². The molecular weight excluding hydrogens is 234 g/mol. The van der Waals surface area contributed by atoms with E-state index in [1.54, 1.807) is 0 Å². The number of β-amino-alcohol motifs (C(OH)–C–C–N with tert-alkyl or cyclic N) is 1. The lowest BCUT2D eigenvalue weighted by molar-refractivity contribution is 0.0753. The zero-order valence-corrected chi connectivity index (χ0v) is 9.97. The Bertz CT molecular complexity index is 425. The summed E-state index contributed by atoms with van der Waals surface area (Å²) < 4.78 is 0. The first-order valence-electron chi connectivity index (χ1n) is 5.98. The molecule has 0 aromatic carbocycles. The second-order valence-electron chi connectivity index (χ2n) is 4.46. The van der Waals surface area contributed by atoms with Crippen molar-refractivity contribution in [1.29, 1.82) is 0 Å². The van der Waals surface area contributed by atoms with Crippen LogP contribution in [0.5, 0.6) is 5.75 Å². The molecule has 1 amide bonds. The second-order valence-corrected chi connectivity index (χ2v) is 4.46. The highest BCUT2D eigenvalue weighted by molar-refractivity contribution is 5.94. The Morgan fingerprint density at radius 2 is 2.39 bits per heavy atom. The van der Waals surface area contributed by atoms with E-state index >= 15 is 0 Å². The first-order valence-corrected chi connectivity index (χ1v) is 5.98. The van der Waals surface area contributed by atoms with Crippen LogP contribution in [0.3, 0.4) is 0 Å². The maximum Gasteiger partial charge on any atom is 0.252 e. The fraction of sp³-hybridized carbons (Fsp3) is 0.500. The number of nitrogens with zero attached hydrogens (tertiary/aromatic N) is 1. The van der Waals surface area contributed by atoms with E-state index in [1.807, 2.05) is 0 Å². The van der Waals surface area contributed by atoms with Gasteiger partial charge in [-0.15, -0.1) is 0 Å². The molecule has 1 fully saturated rings. The van der Waals surface area contributed by atoms with Gasteiger partial charge in [0.2, 0.25) is 0 Å². The number of amides is 1. The summed E-state index contributed by atoms with van der Waals surface area (Å²) in [4.78, 5) is 15.5. The van der Waals surface area contributed by atoms with E-state index in [4.69, 9.17) is 0 Å². The smallest absolute Gasteiger partial charge is 0.252 e. The number of hydrogen-bond donors (Lipinski definition) is 4. The highest BCUT2D eigenvalue weighted by Gasteiger charge is 2.23. The number of nitrogens with one attached hydrogen (secondary N) is 2. The molecule has 1 aliphatic rings. The molecule has 2 heterocycles. The van der Waals surface area contributed by atoms with Crippen molar-refractivity contribution in [3.63, 3.8) is 0 Å². The Hall–Kier alpha value is -1.66. The van der Waals surface area contributed by atoms with Crippen LogP contribution in [0.4, 0.5) is 0 Å². The largest absolute Gasteiger partial charge is 0.506 e. The number of aliphatic hydroxyl groups excluding tert-OH is 1. The van der Waals surface area contributed by atoms with E-state index in [1.165, 1.54) is 18.5 Å². The molecule has 0 saturated carbocycles. The van der Waals surface area contributed by atoms with E-state index in [9.17, 15) is 15.0 Å². The molecule has 0 spiro atoms. The maximum absolute atomic E-state index is 11.8. The number of carbonyl (C=O) groups is 1. The average molecular weight is 251 g/mol. The number of aromatic nitrogens is 1. The van der Waals surface area contributed by atoms with Crippen LogP contribution in [0, 0.1) is 5.92 Å². The Labute approximate surface area is 105 Å². The van der Waals surface area contributed by atoms with Crippen LogP contribution in [0.2, 0.25) is 0 Å². The Balaban J connectivity index is 1.88. The van der Waals surface area contributed by atoms with Gasteiger partial charge >= 0.3 is 0 Å². The summed E-state index contributed by atoms with van der Waals surface area (Å²) in [5, 5.41) is 24.8. The molecule has 1 saturated heterocycles. The molecule has 0 radical (unpaired) electrons. The monoisotopic (exact) mass is 251 g/mol. The van der Waals surface area contributed by atoms with Crippen molar-refractivity contribution in [2.75, 3.05) is 19.6 Å². The van der Waals surface area contributed by atoms with Crippen molar-refractivity contribution in [2.24, 2.45) is 5.92 Å². The highest BCUT2D eigenvalue weighted by atomic mass is 16.3. The normalized spacial score (nSPS) is 23.6. The molecule has 0 unspecified atom stereocenters. The summed E-state index contributed by atoms with van der Waals surface area (Å²) in [6.07, 6.45) is 3.07. The molecule has 0 aliphatic carbocycles. The van der Waals surface area contributed by atoms with Gasteiger partial charge in [0.05, 0.1) is 17.9 Å². The standard InChI is InChI=1S/C12H17N3O3/c16-10-3-9(4-14-6-10)12(18)15-5-8-1-2-13-7-11(8)17/h3-4,6,8,11,13,16-17H,1-2,5,7H2,(H,15,18)/t8-,11+/m0/s1. The summed E-state index contributed by atoms with van der Waals surface area (Å²) in [7, 11) is 0. The van der Waals surface area contributed by atoms with Crippen LogP contribution in [0.1, 0.15) is 16.8 Å². The summed E-state index contributed by atoms with van der Waals surface area (Å²) in [6, 6.07) is 1.36. The van der Waals surface area contributed by atoms with Crippen molar-refractivity contribution >= 4 is 5.91 Å². The molecule has 2 atom stereocenters. The fourth-order valence-corrected chi connectivity index (χ4v) is 2.01. The summed E-state index contributed by atoms with van der Waals surface area (Å²) in [6.45, 7) is 1.84. The fourth-order valence-electron chi connectivity index (χ4n) is 2.01. The zero-order valence-electron chi connectivity index (χ0n) is 9.97. The molecule has 0 bridgehead atoms. The van der Waals surface area contributed by atoms with Crippen molar-refractivity contribution in [1.82, 2.24) is 15.6 Å². The minimum absolute atomic E-state index is 0.0375. The van der Waals surface area contributed by atoms with Gasteiger partial charge in [-0.05, 0) is 19.0 Å². The second kappa shape index (κ2) is 5.79. The maximum atomic E-state index is 11.8. The van der Waals surface area contributed by atoms with Crippen LogP contribution < -0.4 is 10.6 Å². The van der Waals surface area contributed by atoms with Crippen molar-refractivity contribution in [2.45, 2.75) is 12.5 Å². The molecule has 1 aromatic heterocycles. The van der Waals surface area contributed by atoms with Crippen LogP contribution in [-0.4, -0.2) is 46.8 Å². The van der Waals surface area contributed by atoms with E-state index < -0.39 is 6.10 Å². The predicted octanol–water partition coefficient (Wildman–Crippen LogP) is -0.513. The van der Waals surface area contributed by atoms with E-state index in [0.29, 0.717) is 18.7 Å². The Kier molecular flexibility index (Phi) is 4.11. The molecule has 98 valence electrons. The number of rotatable bonds is 3. The van der Waals surface area contributed by atoms with E-state index in [0.717, 1.165) is 13.0 Å². The molecule has 18 heavy (non-hydrogen) atoms. The Morgan fingerprint density at radius 3 is 3.11 bits per heavy atom. The van der Waals surface area contributed by atoms with Gasteiger partial charge in [-0.3, -0.25) is 9.78 Å². The van der Waals surface area contributed by atoms with Crippen LogP contribution in [-0.2, 0) is 0 Å². The molecule has 1 aromatic rings. The summed E-state index contributed by atoms with van der Waals surface area (Å²) >= 11 is 0. The molecule has 6 heteroatoms. The number of pyridine rings is 1. The molecular formula is C12H17N3O3. The average Bonchev–Trinajstić information content (AvgIpc) is 2.37. The molecule has 1 aliphatic heterocycles. The number of carbonyl (C=O) groups excluding carboxylic acids is 1. The number of aromatic hydroxyl groups is 1. The van der Waals surface area contributed by atoms with Crippen molar-refractivity contribution < 1.29 is 15.0 Å². The van der Waals surface area contributed by atoms with Gasteiger partial charge in [0.1, 0.15) is 5.75 Å². The first kappa shape index (κ1) is 12.8. The van der Waals surface area contributed by atoms with Gasteiger partial charge in [-0.25, -0.2) is 0 Å². The zero-order chi connectivity index (χ0) is 13.0. The lowest BCUT2D eigenvalue weighted by Gasteiger charge is -2.28. The number of hydrogen-bond acceptors (Lipinski definition) is 5. The minimum atomic E-state index is -0.429.